The zero-order valence-electron chi connectivity index (χ0n) is 13.0. The summed E-state index contributed by atoms with van der Waals surface area (Å²) < 4.78 is 40.4. The first-order valence-electron chi connectivity index (χ1n) is 7.74. The third kappa shape index (κ3) is 2.78. The predicted molar refractivity (Wildman–Crippen MR) is 91.1 cm³/mol. The van der Waals surface area contributed by atoms with Crippen LogP contribution in [0.5, 0.6) is 0 Å². The van der Waals surface area contributed by atoms with Gasteiger partial charge in [-0.2, -0.15) is 13.2 Å². The molecular formula is C20H13F3N2. The van der Waals surface area contributed by atoms with Crippen LogP contribution in [0.1, 0.15) is 5.56 Å². The third-order valence-electron chi connectivity index (χ3n) is 4.06. The molecule has 2 aromatic carbocycles. The fourth-order valence-corrected chi connectivity index (χ4v) is 2.89. The molecule has 2 aromatic heterocycles. The number of alkyl halides is 3. The van der Waals surface area contributed by atoms with Crippen molar-refractivity contribution in [3.8, 4) is 22.5 Å². The molecule has 2 nitrogen and oxygen atoms in total. The second-order valence-electron chi connectivity index (χ2n) is 5.68. The first-order chi connectivity index (χ1) is 12.0. The van der Waals surface area contributed by atoms with Crippen molar-refractivity contribution in [2.75, 3.05) is 0 Å². The van der Waals surface area contributed by atoms with Gasteiger partial charge in [0.15, 0.2) is 0 Å². The van der Waals surface area contributed by atoms with Crippen LogP contribution in [-0.4, -0.2) is 9.38 Å². The summed E-state index contributed by atoms with van der Waals surface area (Å²) in [5.74, 6) is 0. The SMILES string of the molecule is FC(F)(F)c1ccc(-c2nc3ccccn3c2-c2ccccc2)cc1. The van der Waals surface area contributed by atoms with Crippen molar-refractivity contribution in [3.63, 3.8) is 0 Å². The van der Waals surface area contributed by atoms with Gasteiger partial charge in [-0.05, 0) is 24.3 Å². The number of hydrogen-bond donors (Lipinski definition) is 0. The van der Waals surface area contributed by atoms with E-state index in [1.807, 2.05) is 59.1 Å². The number of fused-ring (bicyclic) bond motifs is 1. The minimum atomic E-state index is -4.35. The van der Waals surface area contributed by atoms with Gasteiger partial charge < -0.3 is 0 Å². The molecule has 0 spiro atoms. The van der Waals surface area contributed by atoms with Crippen molar-refractivity contribution in [2.24, 2.45) is 0 Å². The van der Waals surface area contributed by atoms with Crippen molar-refractivity contribution < 1.29 is 13.2 Å². The molecule has 4 rings (SSSR count). The van der Waals surface area contributed by atoms with E-state index < -0.39 is 11.7 Å². The highest BCUT2D eigenvalue weighted by molar-refractivity contribution is 5.82. The molecule has 2 heterocycles. The second kappa shape index (κ2) is 5.77. The highest BCUT2D eigenvalue weighted by atomic mass is 19.4. The number of benzene rings is 2. The van der Waals surface area contributed by atoms with Crippen LogP contribution in [0.4, 0.5) is 13.2 Å². The maximum Gasteiger partial charge on any atom is 0.416 e. The number of imidazole rings is 1. The van der Waals surface area contributed by atoms with Gasteiger partial charge in [0.05, 0.1) is 17.0 Å². The Kier molecular flexibility index (Phi) is 3.57. The topological polar surface area (TPSA) is 17.3 Å². The number of aromatic nitrogens is 2. The number of hydrogen-bond acceptors (Lipinski definition) is 1. The Hall–Kier alpha value is -3.08. The van der Waals surface area contributed by atoms with E-state index in [9.17, 15) is 13.2 Å². The van der Waals surface area contributed by atoms with Gasteiger partial charge in [-0.3, -0.25) is 4.40 Å². The summed E-state index contributed by atoms with van der Waals surface area (Å²) in [5, 5.41) is 0. The number of halogens is 3. The van der Waals surface area contributed by atoms with Crippen molar-refractivity contribution in [1.82, 2.24) is 9.38 Å². The quantitative estimate of drug-likeness (QED) is 0.459. The Morgan fingerprint density at radius 3 is 2.08 bits per heavy atom. The van der Waals surface area contributed by atoms with Gasteiger partial charge in [0.1, 0.15) is 5.65 Å². The van der Waals surface area contributed by atoms with E-state index in [4.69, 9.17) is 0 Å². The van der Waals surface area contributed by atoms with Gasteiger partial charge in [-0.1, -0.05) is 48.5 Å². The molecule has 0 atom stereocenters. The molecule has 0 fully saturated rings. The minimum Gasteiger partial charge on any atom is -0.299 e. The van der Waals surface area contributed by atoms with E-state index in [2.05, 4.69) is 4.98 Å². The highest BCUT2D eigenvalue weighted by Gasteiger charge is 2.30. The van der Waals surface area contributed by atoms with Crippen molar-refractivity contribution in [3.05, 3.63) is 84.6 Å². The summed E-state index contributed by atoms with van der Waals surface area (Å²) in [7, 11) is 0. The number of nitrogens with zero attached hydrogens (tertiary/aromatic N) is 2. The number of rotatable bonds is 2. The Bertz CT molecular complexity index is 1020. The lowest BCUT2D eigenvalue weighted by atomic mass is 10.0. The average Bonchev–Trinajstić information content (AvgIpc) is 3.01. The van der Waals surface area contributed by atoms with Crippen LogP contribution in [0.25, 0.3) is 28.2 Å². The van der Waals surface area contributed by atoms with Crippen LogP contribution >= 0.6 is 0 Å². The zero-order chi connectivity index (χ0) is 17.4. The average molecular weight is 338 g/mol. The van der Waals surface area contributed by atoms with Gasteiger partial charge in [0, 0.05) is 17.3 Å². The molecule has 0 amide bonds. The summed E-state index contributed by atoms with van der Waals surface area (Å²) in [5.41, 5.74) is 3.20. The van der Waals surface area contributed by atoms with Gasteiger partial charge >= 0.3 is 6.18 Å². The van der Waals surface area contributed by atoms with Crippen molar-refractivity contribution in [1.29, 1.82) is 0 Å². The molecule has 0 unspecified atom stereocenters. The standard InChI is InChI=1S/C20H13F3N2/c21-20(22,23)16-11-9-14(10-12-16)18-19(15-6-2-1-3-7-15)25-13-5-4-8-17(25)24-18/h1-13H. The lowest BCUT2D eigenvalue weighted by Gasteiger charge is -2.08. The molecule has 25 heavy (non-hydrogen) atoms. The first-order valence-corrected chi connectivity index (χ1v) is 7.74. The molecule has 4 aromatic rings. The third-order valence-corrected chi connectivity index (χ3v) is 4.06. The summed E-state index contributed by atoms with van der Waals surface area (Å²) in [4.78, 5) is 4.63. The van der Waals surface area contributed by atoms with Crippen LogP contribution in [0, 0.1) is 0 Å². The van der Waals surface area contributed by atoms with Gasteiger partial charge in [-0.25, -0.2) is 4.98 Å². The summed E-state index contributed by atoms with van der Waals surface area (Å²) in [6.07, 6.45) is -2.45. The highest BCUT2D eigenvalue weighted by Crippen LogP contribution is 2.35. The molecule has 0 radical (unpaired) electrons. The molecule has 0 saturated carbocycles. The van der Waals surface area contributed by atoms with Crippen molar-refractivity contribution >= 4 is 5.65 Å². The lowest BCUT2D eigenvalue weighted by molar-refractivity contribution is -0.137. The van der Waals surface area contributed by atoms with Crippen molar-refractivity contribution in [2.45, 2.75) is 6.18 Å². The molecular weight excluding hydrogens is 325 g/mol. The van der Waals surface area contributed by atoms with E-state index in [1.165, 1.54) is 12.1 Å². The van der Waals surface area contributed by atoms with E-state index in [0.29, 0.717) is 11.3 Å². The van der Waals surface area contributed by atoms with E-state index in [1.54, 1.807) is 0 Å². The molecule has 0 aliphatic rings. The first kappa shape index (κ1) is 15.4. The molecule has 0 N–H and O–H groups in total. The van der Waals surface area contributed by atoms with Crippen LogP contribution in [0.3, 0.4) is 0 Å². The molecule has 0 bridgehead atoms. The summed E-state index contributed by atoms with van der Waals surface area (Å²) in [6.45, 7) is 0. The van der Waals surface area contributed by atoms with Crippen LogP contribution in [0.15, 0.2) is 79.0 Å². The molecule has 0 aliphatic heterocycles. The lowest BCUT2D eigenvalue weighted by Crippen LogP contribution is -2.04. The normalized spacial score (nSPS) is 11.8. The van der Waals surface area contributed by atoms with Crippen LogP contribution in [-0.2, 0) is 6.18 Å². The fraction of sp³-hybridized carbons (Fsp3) is 0.0500. The van der Waals surface area contributed by atoms with Gasteiger partial charge in [0.2, 0.25) is 0 Å². The molecule has 0 saturated heterocycles. The number of pyridine rings is 1. The van der Waals surface area contributed by atoms with E-state index in [-0.39, 0.29) is 0 Å². The molecule has 5 heteroatoms. The zero-order valence-corrected chi connectivity index (χ0v) is 13.0. The van der Waals surface area contributed by atoms with E-state index >= 15 is 0 Å². The minimum absolute atomic E-state index is 0.649. The van der Waals surface area contributed by atoms with Gasteiger partial charge in [-0.15, -0.1) is 0 Å². The Morgan fingerprint density at radius 2 is 1.40 bits per heavy atom. The predicted octanol–water partition coefficient (Wildman–Crippen LogP) is 5.69. The Morgan fingerprint density at radius 1 is 0.720 bits per heavy atom. The second-order valence-corrected chi connectivity index (χ2v) is 5.68. The molecule has 0 aliphatic carbocycles. The fourth-order valence-electron chi connectivity index (χ4n) is 2.89. The summed E-state index contributed by atoms with van der Waals surface area (Å²) in [6, 6.07) is 20.5. The summed E-state index contributed by atoms with van der Waals surface area (Å²) >= 11 is 0. The smallest absolute Gasteiger partial charge is 0.299 e. The largest absolute Gasteiger partial charge is 0.416 e. The molecule has 124 valence electrons. The Labute approximate surface area is 142 Å². The van der Waals surface area contributed by atoms with Gasteiger partial charge in [0.25, 0.3) is 0 Å². The van der Waals surface area contributed by atoms with Crippen LogP contribution < -0.4 is 0 Å². The maximum atomic E-state index is 12.8. The Balaban J connectivity index is 1.93. The maximum absolute atomic E-state index is 12.8. The van der Waals surface area contributed by atoms with Crippen LogP contribution in [0.2, 0.25) is 0 Å². The monoisotopic (exact) mass is 338 g/mol. The van der Waals surface area contributed by atoms with E-state index in [0.717, 1.165) is 29.0 Å².